The van der Waals surface area contributed by atoms with E-state index in [1.165, 1.54) is 6.08 Å². The highest BCUT2D eigenvalue weighted by Crippen LogP contribution is 2.34. The number of aromatic nitrogens is 2. The Morgan fingerprint density at radius 2 is 1.86 bits per heavy atom. The van der Waals surface area contributed by atoms with E-state index in [0.29, 0.717) is 23.8 Å². The second-order valence-electron chi connectivity index (χ2n) is 6.63. The van der Waals surface area contributed by atoms with E-state index in [1.54, 1.807) is 11.5 Å². The maximum absolute atomic E-state index is 14.1. The molecule has 0 radical (unpaired) electrons. The number of amidine groups is 1. The molecule has 3 aromatic rings. The van der Waals surface area contributed by atoms with Crippen LogP contribution >= 0.6 is 0 Å². The Kier molecular flexibility index (Phi) is 4.12. The van der Waals surface area contributed by atoms with Gasteiger partial charge in [0.2, 0.25) is 5.79 Å². The van der Waals surface area contributed by atoms with Crippen molar-refractivity contribution < 1.29 is 17.6 Å². The number of fused-ring (bicyclic) bond motifs is 1. The van der Waals surface area contributed by atoms with Crippen LogP contribution < -0.4 is 16.8 Å². The molecule has 0 bridgehead atoms. The molecule has 0 saturated carbocycles. The Morgan fingerprint density at radius 1 is 1.14 bits per heavy atom. The molecule has 1 aromatic heterocycles. The lowest BCUT2D eigenvalue weighted by atomic mass is 10.0. The second kappa shape index (κ2) is 6.31. The Labute approximate surface area is 162 Å². The van der Waals surface area contributed by atoms with E-state index in [4.69, 9.17) is 11.5 Å². The van der Waals surface area contributed by atoms with Crippen LogP contribution in [0.3, 0.4) is 0 Å². The fraction of sp³-hybridized carbons (Fsp3) is 0.158. The van der Waals surface area contributed by atoms with E-state index in [-0.39, 0.29) is 11.4 Å². The van der Waals surface area contributed by atoms with Gasteiger partial charge >= 0.3 is 6.18 Å². The molecular formula is C19H16F4N6. The fourth-order valence-corrected chi connectivity index (χ4v) is 3.33. The molecule has 150 valence electrons. The molecule has 6 nitrogen and oxygen atoms in total. The van der Waals surface area contributed by atoms with E-state index in [2.05, 4.69) is 15.3 Å². The Hall–Kier alpha value is -3.40. The number of nitrogens with two attached hydrogens (primary N) is 2. The average Bonchev–Trinajstić information content (AvgIpc) is 2.95. The number of hydrogen-bond acceptors (Lipinski definition) is 5. The number of nitrogens with one attached hydrogen (secondary N) is 1. The van der Waals surface area contributed by atoms with Gasteiger partial charge < -0.3 is 11.1 Å². The van der Waals surface area contributed by atoms with Crippen LogP contribution in [0.5, 0.6) is 0 Å². The summed E-state index contributed by atoms with van der Waals surface area (Å²) in [6.07, 6.45) is -3.29. The van der Waals surface area contributed by atoms with Crippen molar-refractivity contribution in [2.45, 2.75) is 18.9 Å². The van der Waals surface area contributed by atoms with E-state index < -0.39 is 23.3 Å². The largest absolute Gasteiger partial charge is 0.419 e. The van der Waals surface area contributed by atoms with Crippen LogP contribution in [0, 0.1) is 12.7 Å². The molecule has 29 heavy (non-hydrogen) atoms. The number of rotatable bonds is 2. The first-order chi connectivity index (χ1) is 13.6. The van der Waals surface area contributed by atoms with Crippen molar-refractivity contribution in [3.63, 3.8) is 0 Å². The summed E-state index contributed by atoms with van der Waals surface area (Å²) in [5.74, 6) is -2.15. The third-order valence-electron chi connectivity index (χ3n) is 4.59. The minimum atomic E-state index is -4.81. The van der Waals surface area contributed by atoms with E-state index in [9.17, 15) is 17.6 Å². The van der Waals surface area contributed by atoms with Crippen molar-refractivity contribution >= 4 is 22.7 Å². The average molecular weight is 404 g/mol. The lowest BCUT2D eigenvalue weighted by molar-refractivity contribution is -0.140. The summed E-state index contributed by atoms with van der Waals surface area (Å²) in [5.41, 5.74) is 12.3. The van der Waals surface area contributed by atoms with Gasteiger partial charge in [0.1, 0.15) is 23.3 Å². The van der Waals surface area contributed by atoms with Crippen LogP contribution in [0.4, 0.5) is 17.6 Å². The summed E-state index contributed by atoms with van der Waals surface area (Å²) in [6.45, 7) is 1.78. The number of benzene rings is 2. The van der Waals surface area contributed by atoms with Gasteiger partial charge in [-0.15, -0.1) is 0 Å². The number of aryl methyl sites for hydroxylation is 1. The predicted octanol–water partition coefficient (Wildman–Crippen LogP) is 3.03. The summed E-state index contributed by atoms with van der Waals surface area (Å²) in [4.78, 5) is 8.55. The van der Waals surface area contributed by atoms with Crippen molar-refractivity contribution in [2.24, 2.45) is 16.5 Å². The summed E-state index contributed by atoms with van der Waals surface area (Å²) < 4.78 is 54.4. The molecule has 1 aliphatic rings. The monoisotopic (exact) mass is 404 g/mol. The van der Waals surface area contributed by atoms with Crippen LogP contribution in [0.1, 0.15) is 17.0 Å². The molecule has 1 aliphatic heterocycles. The number of para-hydroxylation sites is 2. The zero-order chi connectivity index (χ0) is 21.0. The first-order valence-corrected chi connectivity index (χ1v) is 8.54. The molecule has 0 amide bonds. The second-order valence-corrected chi connectivity index (χ2v) is 6.63. The first kappa shape index (κ1) is 18.9. The van der Waals surface area contributed by atoms with Crippen LogP contribution in [0.25, 0.3) is 16.9 Å². The van der Waals surface area contributed by atoms with Crippen LogP contribution in [-0.4, -0.2) is 15.4 Å². The van der Waals surface area contributed by atoms with Crippen molar-refractivity contribution in [3.8, 4) is 0 Å². The number of halogens is 4. The maximum atomic E-state index is 14.1. The third-order valence-corrected chi connectivity index (χ3v) is 4.59. The molecule has 1 atom stereocenters. The Balaban J connectivity index is 1.79. The van der Waals surface area contributed by atoms with Gasteiger partial charge in [-0.05, 0) is 31.2 Å². The molecule has 2 heterocycles. The molecule has 4 rings (SSSR count). The SMILES string of the molecule is Cc1nc2ccccc2n1C1=CC(N)=NC(N)(c2ccc(C(F)(F)F)c(F)c2)N1. The lowest BCUT2D eigenvalue weighted by Crippen LogP contribution is -2.52. The fourth-order valence-electron chi connectivity index (χ4n) is 3.33. The molecule has 2 aromatic carbocycles. The van der Waals surface area contributed by atoms with Gasteiger partial charge in [-0.2, -0.15) is 13.2 Å². The summed E-state index contributed by atoms with van der Waals surface area (Å²) in [5, 5.41) is 2.94. The zero-order valence-corrected chi connectivity index (χ0v) is 15.1. The van der Waals surface area contributed by atoms with Crippen molar-refractivity contribution in [1.82, 2.24) is 14.9 Å². The molecule has 5 N–H and O–H groups in total. The smallest absolute Gasteiger partial charge is 0.384 e. The molecule has 0 aliphatic carbocycles. The molecule has 10 heteroatoms. The van der Waals surface area contributed by atoms with Gasteiger partial charge in [0.25, 0.3) is 0 Å². The highest BCUT2D eigenvalue weighted by atomic mass is 19.4. The third kappa shape index (κ3) is 3.21. The molecule has 0 spiro atoms. The van der Waals surface area contributed by atoms with Gasteiger partial charge in [0, 0.05) is 11.6 Å². The molecule has 0 fully saturated rings. The minimum absolute atomic E-state index is 0.0152. The quantitative estimate of drug-likeness (QED) is 0.573. The zero-order valence-electron chi connectivity index (χ0n) is 15.1. The van der Waals surface area contributed by atoms with Gasteiger partial charge in [0.15, 0.2) is 0 Å². The topological polar surface area (TPSA) is 94.2 Å². The summed E-state index contributed by atoms with van der Waals surface area (Å²) in [6, 6.07) is 9.75. The predicted molar refractivity (Wildman–Crippen MR) is 101 cm³/mol. The summed E-state index contributed by atoms with van der Waals surface area (Å²) >= 11 is 0. The maximum Gasteiger partial charge on any atom is 0.419 e. The van der Waals surface area contributed by atoms with Gasteiger partial charge in [-0.1, -0.05) is 18.2 Å². The first-order valence-electron chi connectivity index (χ1n) is 8.54. The highest BCUT2D eigenvalue weighted by molar-refractivity contribution is 5.98. The van der Waals surface area contributed by atoms with Gasteiger partial charge in [0.05, 0.1) is 16.6 Å². The molecular weight excluding hydrogens is 388 g/mol. The van der Waals surface area contributed by atoms with E-state index >= 15 is 0 Å². The van der Waals surface area contributed by atoms with E-state index in [0.717, 1.165) is 17.1 Å². The lowest BCUT2D eigenvalue weighted by Gasteiger charge is -2.33. The Bertz CT molecular complexity index is 1180. The normalized spacial score (nSPS) is 19.7. The summed E-state index contributed by atoms with van der Waals surface area (Å²) in [7, 11) is 0. The van der Waals surface area contributed by atoms with Crippen LogP contribution in [0.2, 0.25) is 0 Å². The molecule has 0 saturated heterocycles. The number of nitrogens with zero attached hydrogens (tertiary/aromatic N) is 3. The van der Waals surface area contributed by atoms with Crippen LogP contribution in [-0.2, 0) is 12.0 Å². The van der Waals surface area contributed by atoms with Gasteiger partial charge in [-0.3, -0.25) is 10.3 Å². The number of hydrogen-bond donors (Lipinski definition) is 3. The Morgan fingerprint density at radius 3 is 2.55 bits per heavy atom. The van der Waals surface area contributed by atoms with Crippen molar-refractivity contribution in [3.05, 3.63) is 71.3 Å². The van der Waals surface area contributed by atoms with Crippen LogP contribution in [0.15, 0.2) is 53.5 Å². The highest BCUT2D eigenvalue weighted by Gasteiger charge is 2.37. The van der Waals surface area contributed by atoms with E-state index in [1.807, 2.05) is 24.3 Å². The van der Waals surface area contributed by atoms with Gasteiger partial charge in [-0.25, -0.2) is 14.4 Å². The minimum Gasteiger partial charge on any atom is -0.384 e. The molecule has 1 unspecified atom stereocenters. The van der Waals surface area contributed by atoms with Crippen molar-refractivity contribution in [2.75, 3.05) is 0 Å². The number of imidazole rings is 1. The standard InChI is InChI=1S/C19H16F4N6/c1-10-26-14-4-2-3-5-15(14)29(10)17-9-16(24)27-19(25,28-17)11-6-7-12(13(20)8-11)18(21,22)23/h2-9,28H,25H2,1H3,(H2,24,27). The van der Waals surface area contributed by atoms with Crippen molar-refractivity contribution in [1.29, 1.82) is 0 Å². The number of aliphatic imine (C=N–C) groups is 1. The number of alkyl halides is 3.